The minimum Gasteiger partial charge on any atom is -0.487 e. The zero-order chi connectivity index (χ0) is 12.7. The van der Waals surface area contributed by atoms with Gasteiger partial charge >= 0.3 is 0 Å². The van der Waals surface area contributed by atoms with E-state index in [1.807, 2.05) is 38.1 Å². The number of hydrogen-bond donors (Lipinski definition) is 1. The molecular formula is C12H17NO3S. The van der Waals surface area contributed by atoms with Crippen molar-refractivity contribution >= 4 is 10.0 Å². The van der Waals surface area contributed by atoms with Crippen molar-refractivity contribution in [2.75, 3.05) is 6.26 Å². The molecule has 1 aromatic rings. The lowest BCUT2D eigenvalue weighted by atomic mass is 9.90. The predicted molar refractivity (Wildman–Crippen MR) is 66.5 cm³/mol. The first-order chi connectivity index (χ1) is 7.77. The number of para-hydroxylation sites is 1. The first kappa shape index (κ1) is 12.4. The molecule has 0 saturated heterocycles. The molecule has 1 aromatic carbocycles. The summed E-state index contributed by atoms with van der Waals surface area (Å²) >= 11 is 0. The van der Waals surface area contributed by atoms with Crippen LogP contribution in [-0.4, -0.2) is 20.3 Å². The van der Waals surface area contributed by atoms with E-state index >= 15 is 0 Å². The Labute approximate surface area is 102 Å². The number of hydrogen-bond acceptors (Lipinski definition) is 3. The molecule has 0 fully saturated rings. The molecule has 2 rings (SSSR count). The van der Waals surface area contributed by atoms with Crippen molar-refractivity contribution in [3.63, 3.8) is 0 Å². The van der Waals surface area contributed by atoms with E-state index in [2.05, 4.69) is 4.72 Å². The van der Waals surface area contributed by atoms with Gasteiger partial charge < -0.3 is 4.74 Å². The molecular weight excluding hydrogens is 238 g/mol. The van der Waals surface area contributed by atoms with Crippen molar-refractivity contribution < 1.29 is 13.2 Å². The van der Waals surface area contributed by atoms with Gasteiger partial charge in [0.2, 0.25) is 10.0 Å². The Balaban J connectivity index is 2.40. The van der Waals surface area contributed by atoms with Crippen LogP contribution in [0.2, 0.25) is 0 Å². The van der Waals surface area contributed by atoms with Gasteiger partial charge in [0.15, 0.2) is 0 Å². The maximum Gasteiger partial charge on any atom is 0.209 e. The molecule has 4 nitrogen and oxygen atoms in total. The van der Waals surface area contributed by atoms with Gasteiger partial charge in [0.1, 0.15) is 11.4 Å². The van der Waals surface area contributed by atoms with E-state index in [9.17, 15) is 8.42 Å². The van der Waals surface area contributed by atoms with Crippen LogP contribution >= 0.6 is 0 Å². The van der Waals surface area contributed by atoms with Crippen LogP contribution in [0, 0.1) is 0 Å². The summed E-state index contributed by atoms with van der Waals surface area (Å²) in [6.45, 7) is 3.92. The van der Waals surface area contributed by atoms with E-state index < -0.39 is 10.0 Å². The third-order valence-corrected chi connectivity index (χ3v) is 3.45. The first-order valence-electron chi connectivity index (χ1n) is 5.52. The van der Waals surface area contributed by atoms with Gasteiger partial charge in [0.25, 0.3) is 0 Å². The Morgan fingerprint density at radius 2 is 2.00 bits per heavy atom. The molecule has 0 spiro atoms. The van der Waals surface area contributed by atoms with Gasteiger partial charge in [-0.25, -0.2) is 13.1 Å². The fourth-order valence-electron chi connectivity index (χ4n) is 2.17. The summed E-state index contributed by atoms with van der Waals surface area (Å²) < 4.78 is 31.2. The van der Waals surface area contributed by atoms with Crippen molar-refractivity contribution in [3.8, 4) is 5.75 Å². The normalized spacial score (nSPS) is 22.6. The highest BCUT2D eigenvalue weighted by atomic mass is 32.2. The van der Waals surface area contributed by atoms with Crippen molar-refractivity contribution in [1.29, 1.82) is 0 Å². The maximum absolute atomic E-state index is 11.4. The summed E-state index contributed by atoms with van der Waals surface area (Å²) in [6, 6.07) is 7.32. The summed E-state index contributed by atoms with van der Waals surface area (Å²) in [4.78, 5) is 0. The molecule has 5 heteroatoms. The Morgan fingerprint density at radius 1 is 1.35 bits per heavy atom. The smallest absolute Gasteiger partial charge is 0.209 e. The number of rotatable bonds is 2. The van der Waals surface area contributed by atoms with Gasteiger partial charge in [0, 0.05) is 12.0 Å². The lowest BCUT2D eigenvalue weighted by Crippen LogP contribution is -2.40. The summed E-state index contributed by atoms with van der Waals surface area (Å²) in [7, 11) is -3.22. The lowest BCUT2D eigenvalue weighted by molar-refractivity contribution is 0.0702. The fraction of sp³-hybridized carbons (Fsp3) is 0.500. The second-order valence-electron chi connectivity index (χ2n) is 5.05. The van der Waals surface area contributed by atoms with Crippen LogP contribution in [0.15, 0.2) is 24.3 Å². The summed E-state index contributed by atoms with van der Waals surface area (Å²) in [6.07, 6.45) is 1.80. The molecule has 94 valence electrons. The molecule has 0 radical (unpaired) electrons. The fourth-order valence-corrected chi connectivity index (χ4v) is 2.89. The van der Waals surface area contributed by atoms with E-state index in [1.54, 1.807) is 0 Å². The maximum atomic E-state index is 11.4. The molecule has 1 heterocycles. The average Bonchev–Trinajstić information content (AvgIpc) is 2.13. The van der Waals surface area contributed by atoms with Gasteiger partial charge in [-0.1, -0.05) is 18.2 Å². The highest BCUT2D eigenvalue weighted by Crippen LogP contribution is 2.39. The zero-order valence-corrected chi connectivity index (χ0v) is 11.0. The zero-order valence-electron chi connectivity index (χ0n) is 10.2. The number of ether oxygens (including phenoxy) is 1. The highest BCUT2D eigenvalue weighted by molar-refractivity contribution is 7.88. The SMILES string of the molecule is CC1(C)C[C@@H](NS(C)(=O)=O)c2ccccc2O1. The number of benzene rings is 1. The molecule has 0 unspecified atom stereocenters. The topological polar surface area (TPSA) is 55.4 Å². The second-order valence-corrected chi connectivity index (χ2v) is 6.83. The molecule has 1 N–H and O–H groups in total. The Hall–Kier alpha value is -1.07. The van der Waals surface area contributed by atoms with Gasteiger partial charge in [0.05, 0.1) is 12.3 Å². The van der Waals surface area contributed by atoms with Crippen LogP contribution in [0.3, 0.4) is 0 Å². The van der Waals surface area contributed by atoms with Gasteiger partial charge in [-0.2, -0.15) is 0 Å². The van der Waals surface area contributed by atoms with E-state index in [-0.39, 0.29) is 11.6 Å². The molecule has 1 aliphatic heterocycles. The third-order valence-electron chi connectivity index (χ3n) is 2.73. The molecule has 0 saturated carbocycles. The summed E-state index contributed by atoms with van der Waals surface area (Å²) in [5.41, 5.74) is 0.536. The monoisotopic (exact) mass is 255 g/mol. The van der Waals surface area contributed by atoms with Crippen LogP contribution in [0.5, 0.6) is 5.75 Å². The van der Waals surface area contributed by atoms with Gasteiger partial charge in [-0.3, -0.25) is 0 Å². The quantitative estimate of drug-likeness (QED) is 0.877. The van der Waals surface area contributed by atoms with E-state index in [1.165, 1.54) is 6.26 Å². The van der Waals surface area contributed by atoms with Crippen LogP contribution in [0.4, 0.5) is 0 Å². The first-order valence-corrected chi connectivity index (χ1v) is 7.41. The molecule has 0 amide bonds. The molecule has 1 aliphatic rings. The van der Waals surface area contributed by atoms with Crippen LogP contribution in [0.25, 0.3) is 0 Å². The van der Waals surface area contributed by atoms with E-state index in [0.717, 1.165) is 11.3 Å². The Morgan fingerprint density at radius 3 is 2.65 bits per heavy atom. The average molecular weight is 255 g/mol. The molecule has 17 heavy (non-hydrogen) atoms. The number of sulfonamides is 1. The summed E-state index contributed by atoms with van der Waals surface area (Å²) in [5.74, 6) is 0.755. The predicted octanol–water partition coefficient (Wildman–Crippen LogP) is 1.84. The van der Waals surface area contributed by atoms with Crippen molar-refractivity contribution in [2.45, 2.75) is 31.9 Å². The van der Waals surface area contributed by atoms with Crippen molar-refractivity contribution in [2.24, 2.45) is 0 Å². The van der Waals surface area contributed by atoms with Gasteiger partial charge in [-0.15, -0.1) is 0 Å². The van der Waals surface area contributed by atoms with Crippen molar-refractivity contribution in [1.82, 2.24) is 4.72 Å². The van der Waals surface area contributed by atoms with E-state index in [0.29, 0.717) is 6.42 Å². The molecule has 1 atom stereocenters. The minimum absolute atomic E-state index is 0.218. The summed E-state index contributed by atoms with van der Waals surface area (Å²) in [5, 5.41) is 0. The second kappa shape index (κ2) is 3.99. The Bertz CT molecular complexity index is 522. The molecule has 0 bridgehead atoms. The third kappa shape index (κ3) is 2.98. The number of fused-ring (bicyclic) bond motifs is 1. The lowest BCUT2D eigenvalue weighted by Gasteiger charge is -2.37. The van der Waals surface area contributed by atoms with Crippen LogP contribution < -0.4 is 9.46 Å². The standard InChI is InChI=1S/C12H17NO3S/c1-12(2)8-10(13-17(3,14)15)9-6-4-5-7-11(9)16-12/h4-7,10,13H,8H2,1-3H3/t10-/m1/s1. The molecule has 0 aliphatic carbocycles. The molecule has 0 aromatic heterocycles. The largest absolute Gasteiger partial charge is 0.487 e. The number of nitrogens with one attached hydrogen (secondary N) is 1. The minimum atomic E-state index is -3.22. The Kier molecular flexibility index (Phi) is 2.91. The van der Waals surface area contributed by atoms with Crippen LogP contribution in [0.1, 0.15) is 31.9 Å². The van der Waals surface area contributed by atoms with E-state index in [4.69, 9.17) is 4.74 Å². The van der Waals surface area contributed by atoms with Crippen molar-refractivity contribution in [3.05, 3.63) is 29.8 Å². The van der Waals surface area contributed by atoms with Gasteiger partial charge in [-0.05, 0) is 19.9 Å². The van der Waals surface area contributed by atoms with Crippen LogP contribution in [-0.2, 0) is 10.0 Å². The highest BCUT2D eigenvalue weighted by Gasteiger charge is 2.34.